The Labute approximate surface area is 154 Å². The van der Waals surface area contributed by atoms with Gasteiger partial charge < -0.3 is 14.6 Å². The summed E-state index contributed by atoms with van der Waals surface area (Å²) in [6, 6.07) is 10.4. The Kier molecular flexibility index (Phi) is 5.91. The quantitative estimate of drug-likeness (QED) is 0.726. The van der Waals surface area contributed by atoms with Crippen molar-refractivity contribution in [1.29, 1.82) is 0 Å². The van der Waals surface area contributed by atoms with E-state index in [1.54, 1.807) is 18.2 Å². The van der Waals surface area contributed by atoms with Crippen LogP contribution in [0.2, 0.25) is 0 Å². The van der Waals surface area contributed by atoms with Gasteiger partial charge in [0.1, 0.15) is 18.0 Å². The summed E-state index contributed by atoms with van der Waals surface area (Å²) in [5, 5.41) is 9.20. The van der Waals surface area contributed by atoms with Gasteiger partial charge in [-0.3, -0.25) is 9.10 Å². The molecule has 0 saturated carbocycles. The molecule has 0 atom stereocenters. The van der Waals surface area contributed by atoms with Gasteiger partial charge in [0.05, 0.1) is 24.8 Å². The van der Waals surface area contributed by atoms with E-state index in [0.717, 1.165) is 4.31 Å². The van der Waals surface area contributed by atoms with Gasteiger partial charge in [-0.25, -0.2) is 8.42 Å². The van der Waals surface area contributed by atoms with Crippen LogP contribution in [0.4, 0.5) is 5.69 Å². The van der Waals surface area contributed by atoms with Gasteiger partial charge >= 0.3 is 5.97 Å². The lowest BCUT2D eigenvalue weighted by atomic mass is 10.2. The van der Waals surface area contributed by atoms with E-state index >= 15 is 0 Å². The van der Waals surface area contributed by atoms with Crippen molar-refractivity contribution >= 4 is 37.6 Å². The lowest BCUT2D eigenvalue weighted by molar-refractivity contribution is -0.135. The lowest BCUT2D eigenvalue weighted by Crippen LogP contribution is -2.36. The fourth-order valence-electron chi connectivity index (χ4n) is 2.15. The maximum Gasteiger partial charge on any atom is 0.324 e. The van der Waals surface area contributed by atoms with Crippen LogP contribution in [0.25, 0.3) is 0 Å². The number of halogens is 1. The van der Waals surface area contributed by atoms with Crippen molar-refractivity contribution in [2.45, 2.75) is 4.90 Å². The van der Waals surface area contributed by atoms with Crippen LogP contribution in [0.1, 0.15) is 0 Å². The molecule has 0 radical (unpaired) electrons. The van der Waals surface area contributed by atoms with Crippen LogP contribution < -0.4 is 13.8 Å². The van der Waals surface area contributed by atoms with Gasteiger partial charge in [0, 0.05) is 10.5 Å². The maximum atomic E-state index is 13.0. The summed E-state index contributed by atoms with van der Waals surface area (Å²) in [7, 11) is -1.33. The number of rotatable bonds is 7. The van der Waals surface area contributed by atoms with Crippen molar-refractivity contribution in [3.63, 3.8) is 0 Å². The van der Waals surface area contributed by atoms with Gasteiger partial charge in [-0.1, -0.05) is 15.9 Å². The first-order valence-electron chi connectivity index (χ1n) is 7.01. The molecule has 2 aromatic carbocycles. The molecule has 9 heteroatoms. The molecule has 2 rings (SSSR count). The first kappa shape index (κ1) is 19.1. The Bertz CT molecular complexity index is 867. The molecule has 0 aromatic heterocycles. The third-order valence-corrected chi connectivity index (χ3v) is 5.64. The van der Waals surface area contributed by atoms with Crippen LogP contribution in [-0.2, 0) is 14.8 Å². The van der Waals surface area contributed by atoms with Crippen LogP contribution >= 0.6 is 15.9 Å². The SMILES string of the molecule is COc1ccc(OC)c(N(CC(=O)O)S(=O)(=O)c2ccc(Br)cc2)c1. The molecule has 134 valence electrons. The number of hydrogen-bond donors (Lipinski definition) is 1. The number of aliphatic carboxylic acids is 1. The molecule has 25 heavy (non-hydrogen) atoms. The molecule has 0 spiro atoms. The molecule has 0 aliphatic rings. The zero-order chi connectivity index (χ0) is 18.6. The van der Waals surface area contributed by atoms with Crippen LogP contribution in [0, 0.1) is 0 Å². The van der Waals surface area contributed by atoms with E-state index in [2.05, 4.69) is 15.9 Å². The number of hydrogen-bond acceptors (Lipinski definition) is 5. The number of carboxylic acids is 1. The smallest absolute Gasteiger partial charge is 0.324 e. The van der Waals surface area contributed by atoms with E-state index < -0.39 is 22.5 Å². The normalized spacial score (nSPS) is 11.0. The van der Waals surface area contributed by atoms with Crippen LogP contribution in [-0.4, -0.2) is 40.3 Å². The number of carbonyl (C=O) groups is 1. The molecule has 0 fully saturated rings. The number of carboxylic acid groups (broad SMARTS) is 1. The molecule has 7 nitrogen and oxygen atoms in total. The van der Waals surface area contributed by atoms with Crippen LogP contribution in [0.5, 0.6) is 11.5 Å². The second-order valence-corrected chi connectivity index (χ2v) is 7.68. The Hall–Kier alpha value is -2.26. The summed E-state index contributed by atoms with van der Waals surface area (Å²) < 4.78 is 37.8. The van der Waals surface area contributed by atoms with E-state index in [1.165, 1.54) is 38.5 Å². The minimum absolute atomic E-state index is 0.0400. The van der Waals surface area contributed by atoms with Gasteiger partial charge in [-0.05, 0) is 36.4 Å². The fourth-order valence-corrected chi connectivity index (χ4v) is 3.83. The standard InChI is InChI=1S/C16H16BrNO6S/c1-23-12-5-8-15(24-2)14(9-12)18(10-16(19)20)25(21,22)13-6-3-11(17)4-7-13/h3-9H,10H2,1-2H3,(H,19,20). The van der Waals surface area contributed by atoms with E-state index in [9.17, 15) is 18.3 Å². The van der Waals surface area contributed by atoms with Crippen molar-refractivity contribution < 1.29 is 27.8 Å². The summed E-state index contributed by atoms with van der Waals surface area (Å²) >= 11 is 3.24. The number of benzene rings is 2. The van der Waals surface area contributed by atoms with Gasteiger partial charge in [-0.15, -0.1) is 0 Å². The molecule has 0 bridgehead atoms. The highest BCUT2D eigenvalue weighted by Gasteiger charge is 2.29. The number of anilines is 1. The number of methoxy groups -OCH3 is 2. The molecule has 2 aromatic rings. The molecule has 0 unspecified atom stereocenters. The lowest BCUT2D eigenvalue weighted by Gasteiger charge is -2.25. The van der Waals surface area contributed by atoms with E-state index in [1.807, 2.05) is 0 Å². The highest BCUT2D eigenvalue weighted by Crippen LogP contribution is 2.35. The summed E-state index contributed by atoms with van der Waals surface area (Å²) in [4.78, 5) is 11.2. The third-order valence-electron chi connectivity index (χ3n) is 3.34. The van der Waals surface area contributed by atoms with Crippen molar-refractivity contribution in [2.24, 2.45) is 0 Å². The molecular weight excluding hydrogens is 414 g/mol. The molecule has 0 aliphatic carbocycles. The summed E-state index contributed by atoms with van der Waals surface area (Å²) in [6.07, 6.45) is 0. The second-order valence-electron chi connectivity index (χ2n) is 4.90. The average Bonchev–Trinajstić information content (AvgIpc) is 2.59. The number of sulfonamides is 1. The predicted molar refractivity (Wildman–Crippen MR) is 95.9 cm³/mol. The Morgan fingerprint density at radius 3 is 2.28 bits per heavy atom. The molecule has 0 aliphatic heterocycles. The van der Waals surface area contributed by atoms with E-state index in [0.29, 0.717) is 10.2 Å². The maximum absolute atomic E-state index is 13.0. The molecule has 0 amide bonds. The van der Waals surface area contributed by atoms with E-state index in [-0.39, 0.29) is 16.3 Å². The van der Waals surface area contributed by atoms with Crippen LogP contribution in [0.3, 0.4) is 0 Å². The molecule has 0 saturated heterocycles. The first-order valence-corrected chi connectivity index (χ1v) is 9.25. The second kappa shape index (κ2) is 7.75. The van der Waals surface area contributed by atoms with Crippen LogP contribution in [0.15, 0.2) is 51.8 Å². The number of ether oxygens (including phenoxy) is 2. The van der Waals surface area contributed by atoms with Crippen molar-refractivity contribution in [1.82, 2.24) is 0 Å². The molecule has 0 heterocycles. The monoisotopic (exact) mass is 429 g/mol. The molecule has 1 N–H and O–H groups in total. The zero-order valence-corrected chi connectivity index (χ0v) is 15.9. The summed E-state index contributed by atoms with van der Waals surface area (Å²) in [5.41, 5.74) is 0.0761. The first-order chi connectivity index (χ1) is 11.8. The fraction of sp³-hybridized carbons (Fsp3) is 0.188. The Balaban J connectivity index is 2.64. The van der Waals surface area contributed by atoms with Gasteiger partial charge in [-0.2, -0.15) is 0 Å². The van der Waals surface area contributed by atoms with Crippen molar-refractivity contribution in [3.05, 3.63) is 46.9 Å². The van der Waals surface area contributed by atoms with Crippen molar-refractivity contribution in [2.75, 3.05) is 25.1 Å². The Morgan fingerprint density at radius 1 is 1.12 bits per heavy atom. The van der Waals surface area contributed by atoms with Gasteiger partial charge in [0.25, 0.3) is 10.0 Å². The summed E-state index contributed by atoms with van der Waals surface area (Å²) in [5.74, 6) is -0.717. The zero-order valence-electron chi connectivity index (χ0n) is 13.5. The number of nitrogens with zero attached hydrogens (tertiary/aromatic N) is 1. The minimum atomic E-state index is -4.13. The Morgan fingerprint density at radius 2 is 1.76 bits per heavy atom. The minimum Gasteiger partial charge on any atom is -0.497 e. The summed E-state index contributed by atoms with van der Waals surface area (Å²) in [6.45, 7) is -0.762. The van der Waals surface area contributed by atoms with Gasteiger partial charge in [0.2, 0.25) is 0 Å². The largest absolute Gasteiger partial charge is 0.497 e. The average molecular weight is 430 g/mol. The highest BCUT2D eigenvalue weighted by atomic mass is 79.9. The molecular formula is C16H16BrNO6S. The van der Waals surface area contributed by atoms with E-state index in [4.69, 9.17) is 9.47 Å². The predicted octanol–water partition coefficient (Wildman–Crippen LogP) is 2.75. The van der Waals surface area contributed by atoms with Gasteiger partial charge in [0.15, 0.2) is 0 Å². The third kappa shape index (κ3) is 4.23. The highest BCUT2D eigenvalue weighted by molar-refractivity contribution is 9.10. The topological polar surface area (TPSA) is 93.1 Å². The van der Waals surface area contributed by atoms with Crippen molar-refractivity contribution in [3.8, 4) is 11.5 Å².